The number of hydrogen-bond acceptors (Lipinski definition) is 3. The largest absolute Gasteiger partial charge is 0.460 e. The van der Waals surface area contributed by atoms with Gasteiger partial charge in [0.1, 0.15) is 6.10 Å². The molecule has 1 aromatic carbocycles. The summed E-state index contributed by atoms with van der Waals surface area (Å²) in [7, 11) is 0. The van der Waals surface area contributed by atoms with Gasteiger partial charge in [0.25, 0.3) is 6.02 Å². The topological polar surface area (TPSA) is 33.6 Å². The van der Waals surface area contributed by atoms with Crippen LogP contribution >= 0.6 is 0 Å². The van der Waals surface area contributed by atoms with Gasteiger partial charge in [-0.1, -0.05) is 12.1 Å². The lowest BCUT2D eigenvalue weighted by atomic mass is 9.90. The first kappa shape index (κ1) is 10.6. The van der Waals surface area contributed by atoms with E-state index in [1.165, 1.54) is 42.5 Å². The molecule has 1 aliphatic heterocycles. The van der Waals surface area contributed by atoms with Gasteiger partial charge in [0.15, 0.2) is 0 Å². The second kappa shape index (κ2) is 4.40. The molecule has 17 heavy (non-hydrogen) atoms. The Kier molecular flexibility index (Phi) is 2.75. The van der Waals surface area contributed by atoms with E-state index in [-0.39, 0.29) is 6.10 Å². The maximum Gasteiger partial charge on any atom is 0.289 e. The Morgan fingerprint density at radius 1 is 1.29 bits per heavy atom. The highest BCUT2D eigenvalue weighted by atomic mass is 16.5. The van der Waals surface area contributed by atoms with Crippen molar-refractivity contribution in [1.29, 1.82) is 0 Å². The minimum Gasteiger partial charge on any atom is -0.460 e. The van der Waals surface area contributed by atoms with Crippen LogP contribution in [-0.4, -0.2) is 18.7 Å². The van der Waals surface area contributed by atoms with Gasteiger partial charge in [-0.05, 0) is 49.8 Å². The van der Waals surface area contributed by atoms with Gasteiger partial charge >= 0.3 is 0 Å². The highest BCUT2D eigenvalue weighted by Gasteiger charge is 2.18. The zero-order valence-electron chi connectivity index (χ0n) is 10.2. The van der Waals surface area contributed by atoms with Gasteiger partial charge in [-0.25, -0.2) is 4.99 Å². The fourth-order valence-electron chi connectivity index (χ4n) is 2.56. The maximum absolute atomic E-state index is 5.60. The predicted octanol–water partition coefficient (Wildman–Crippen LogP) is 2.75. The van der Waals surface area contributed by atoms with E-state index in [0.29, 0.717) is 6.02 Å². The fraction of sp³-hybridized carbons (Fsp3) is 0.500. The third kappa shape index (κ3) is 2.14. The molecule has 1 aliphatic carbocycles. The van der Waals surface area contributed by atoms with Crippen LogP contribution in [0.3, 0.4) is 0 Å². The Bertz CT molecular complexity index is 454. The molecule has 0 aromatic heterocycles. The van der Waals surface area contributed by atoms with E-state index < -0.39 is 0 Å². The smallest absolute Gasteiger partial charge is 0.289 e. The summed E-state index contributed by atoms with van der Waals surface area (Å²) in [6.45, 7) is 2.80. The number of aliphatic imine (C=N–C) groups is 1. The zero-order valence-corrected chi connectivity index (χ0v) is 10.2. The molecule has 0 spiro atoms. The summed E-state index contributed by atoms with van der Waals surface area (Å²) in [5.74, 6) is 0. The molecule has 0 saturated carbocycles. The van der Waals surface area contributed by atoms with Gasteiger partial charge in [0.2, 0.25) is 0 Å². The lowest BCUT2D eigenvalue weighted by Crippen LogP contribution is -2.17. The molecule has 1 aromatic rings. The first-order valence-electron chi connectivity index (χ1n) is 6.42. The molecule has 3 nitrogen and oxygen atoms in total. The molecule has 1 atom stereocenters. The van der Waals surface area contributed by atoms with E-state index in [9.17, 15) is 0 Å². The lowest BCUT2D eigenvalue weighted by Gasteiger charge is -2.20. The molecule has 0 amide bonds. The van der Waals surface area contributed by atoms with Crippen molar-refractivity contribution < 1.29 is 4.74 Å². The molecule has 0 bridgehead atoms. The Morgan fingerprint density at radius 3 is 3.00 bits per heavy atom. The molecule has 0 fully saturated rings. The Morgan fingerprint density at radius 2 is 2.18 bits per heavy atom. The summed E-state index contributed by atoms with van der Waals surface area (Å²) in [5, 5.41) is 3.33. The molecule has 1 heterocycles. The van der Waals surface area contributed by atoms with Crippen LogP contribution in [0.4, 0.5) is 5.69 Å². The van der Waals surface area contributed by atoms with E-state index in [2.05, 4.69) is 28.5 Å². The van der Waals surface area contributed by atoms with Crippen LogP contribution in [0, 0.1) is 0 Å². The molecule has 2 aliphatic rings. The van der Waals surface area contributed by atoms with Crippen LogP contribution in [-0.2, 0) is 17.6 Å². The van der Waals surface area contributed by atoms with Crippen LogP contribution < -0.4 is 5.32 Å². The number of amidine groups is 1. The standard InChI is InChI=1S/C14H18N2O/c1-10-9-15-14(17-10)16-13-8-4-6-11-5-2-3-7-12(11)13/h4,6,8,10H,2-3,5,7,9H2,1H3,(H,15,16). The van der Waals surface area contributed by atoms with Crippen LogP contribution in [0.1, 0.15) is 30.9 Å². The second-order valence-electron chi connectivity index (χ2n) is 4.85. The van der Waals surface area contributed by atoms with Crippen molar-refractivity contribution in [3.63, 3.8) is 0 Å². The average molecular weight is 230 g/mol. The fourth-order valence-corrected chi connectivity index (χ4v) is 2.56. The number of ether oxygens (including phenoxy) is 1. The van der Waals surface area contributed by atoms with Gasteiger partial charge in [0, 0.05) is 5.69 Å². The van der Waals surface area contributed by atoms with Crippen LogP contribution in [0.25, 0.3) is 0 Å². The van der Waals surface area contributed by atoms with Crippen LogP contribution in [0.15, 0.2) is 23.2 Å². The normalized spacial score (nSPS) is 22.6. The van der Waals surface area contributed by atoms with Crippen molar-refractivity contribution in [3.05, 3.63) is 29.3 Å². The first-order valence-corrected chi connectivity index (χ1v) is 6.42. The summed E-state index contributed by atoms with van der Waals surface area (Å²) < 4.78 is 5.60. The van der Waals surface area contributed by atoms with Crippen molar-refractivity contribution >= 4 is 11.7 Å². The highest BCUT2D eigenvalue weighted by molar-refractivity contribution is 5.91. The molecule has 0 radical (unpaired) electrons. The number of aryl methyl sites for hydroxylation is 1. The Hall–Kier alpha value is -1.51. The van der Waals surface area contributed by atoms with Gasteiger partial charge in [-0.15, -0.1) is 0 Å². The second-order valence-corrected chi connectivity index (χ2v) is 4.85. The molecular weight excluding hydrogens is 212 g/mol. The van der Waals surface area contributed by atoms with E-state index in [4.69, 9.17) is 4.74 Å². The monoisotopic (exact) mass is 230 g/mol. The number of anilines is 1. The first-order chi connectivity index (χ1) is 8.33. The number of nitrogens with zero attached hydrogens (tertiary/aromatic N) is 1. The van der Waals surface area contributed by atoms with Crippen molar-refractivity contribution in [3.8, 4) is 0 Å². The third-order valence-corrected chi connectivity index (χ3v) is 3.44. The number of hydrogen-bond donors (Lipinski definition) is 1. The molecule has 1 unspecified atom stereocenters. The lowest BCUT2D eigenvalue weighted by molar-refractivity contribution is 0.245. The zero-order chi connectivity index (χ0) is 11.7. The number of nitrogens with one attached hydrogen (secondary N) is 1. The molecule has 1 N–H and O–H groups in total. The van der Waals surface area contributed by atoms with Crippen molar-refractivity contribution in [2.45, 2.75) is 38.7 Å². The third-order valence-electron chi connectivity index (χ3n) is 3.44. The summed E-state index contributed by atoms with van der Waals surface area (Å²) in [5.41, 5.74) is 4.10. The molecule has 0 saturated heterocycles. The van der Waals surface area contributed by atoms with Crippen molar-refractivity contribution in [2.24, 2.45) is 4.99 Å². The average Bonchev–Trinajstić information content (AvgIpc) is 2.75. The van der Waals surface area contributed by atoms with Gasteiger partial charge in [-0.2, -0.15) is 0 Å². The molecule has 3 rings (SSSR count). The van der Waals surface area contributed by atoms with E-state index in [1.807, 2.05) is 6.92 Å². The predicted molar refractivity (Wildman–Crippen MR) is 69.6 cm³/mol. The van der Waals surface area contributed by atoms with E-state index in [1.54, 1.807) is 0 Å². The minimum absolute atomic E-state index is 0.206. The van der Waals surface area contributed by atoms with E-state index in [0.717, 1.165) is 6.54 Å². The molecule has 90 valence electrons. The number of rotatable bonds is 1. The van der Waals surface area contributed by atoms with Gasteiger partial charge in [0.05, 0.1) is 6.54 Å². The van der Waals surface area contributed by atoms with Crippen LogP contribution in [0.2, 0.25) is 0 Å². The summed E-state index contributed by atoms with van der Waals surface area (Å²) in [6.07, 6.45) is 5.17. The summed E-state index contributed by atoms with van der Waals surface area (Å²) >= 11 is 0. The molecule has 3 heteroatoms. The minimum atomic E-state index is 0.206. The van der Waals surface area contributed by atoms with E-state index >= 15 is 0 Å². The van der Waals surface area contributed by atoms with Crippen LogP contribution in [0.5, 0.6) is 0 Å². The number of benzene rings is 1. The SMILES string of the molecule is CC1CN=C(Nc2cccc3c2CCCC3)O1. The number of fused-ring (bicyclic) bond motifs is 1. The van der Waals surface area contributed by atoms with Gasteiger partial charge < -0.3 is 10.1 Å². The highest BCUT2D eigenvalue weighted by Crippen LogP contribution is 2.28. The Labute approximate surface area is 102 Å². The quantitative estimate of drug-likeness (QED) is 0.804. The Balaban J connectivity index is 1.83. The van der Waals surface area contributed by atoms with Crippen molar-refractivity contribution in [1.82, 2.24) is 0 Å². The summed E-state index contributed by atoms with van der Waals surface area (Å²) in [6, 6.07) is 7.15. The van der Waals surface area contributed by atoms with Crippen molar-refractivity contribution in [2.75, 3.05) is 11.9 Å². The maximum atomic E-state index is 5.60. The van der Waals surface area contributed by atoms with Gasteiger partial charge in [-0.3, -0.25) is 0 Å². The summed E-state index contributed by atoms with van der Waals surface area (Å²) in [4.78, 5) is 4.34. The molecular formula is C14H18N2O.